The van der Waals surface area contributed by atoms with E-state index in [0.717, 1.165) is 23.8 Å². The van der Waals surface area contributed by atoms with Crippen LogP contribution < -0.4 is 0 Å². The minimum atomic E-state index is 0.0134. The van der Waals surface area contributed by atoms with Gasteiger partial charge in [0, 0.05) is 6.42 Å². The molecule has 2 heteroatoms. The highest BCUT2D eigenvalue weighted by molar-refractivity contribution is 5.98. The van der Waals surface area contributed by atoms with Crippen LogP contribution in [0.5, 0.6) is 5.75 Å². The molecule has 1 aromatic rings. The fourth-order valence-electron chi connectivity index (χ4n) is 3.83. The zero-order chi connectivity index (χ0) is 16.7. The molecule has 0 unspecified atom stereocenters. The molecule has 1 aliphatic carbocycles. The lowest BCUT2D eigenvalue weighted by Gasteiger charge is -2.28. The van der Waals surface area contributed by atoms with Gasteiger partial charge in [0.25, 0.3) is 0 Å². The number of unbranched alkanes of at least 4 members (excludes halogenated alkanes) is 1. The molecule has 23 heavy (non-hydrogen) atoms. The van der Waals surface area contributed by atoms with Crippen molar-refractivity contribution in [2.75, 3.05) is 0 Å². The number of benzene rings is 1. The van der Waals surface area contributed by atoms with E-state index in [9.17, 15) is 9.90 Å². The van der Waals surface area contributed by atoms with Crippen molar-refractivity contribution < 1.29 is 9.90 Å². The van der Waals surface area contributed by atoms with E-state index in [4.69, 9.17) is 0 Å². The number of rotatable bonds is 8. The second kappa shape index (κ2) is 9.10. The fraction of sp³-hybridized carbons (Fsp3) is 0.667. The van der Waals surface area contributed by atoms with E-state index in [1.807, 2.05) is 13.0 Å². The number of carbonyl (C=O) groups is 1. The van der Waals surface area contributed by atoms with Crippen LogP contribution >= 0.6 is 0 Å². The lowest BCUT2D eigenvalue weighted by molar-refractivity contribution is 0.0985. The van der Waals surface area contributed by atoms with Crippen LogP contribution in [0, 0.1) is 11.8 Å². The molecule has 0 heterocycles. The summed E-state index contributed by atoms with van der Waals surface area (Å²) in [6, 6.07) is 5.59. The molecule has 1 saturated carbocycles. The van der Waals surface area contributed by atoms with E-state index in [-0.39, 0.29) is 11.5 Å². The van der Waals surface area contributed by atoms with Crippen LogP contribution in [0.2, 0.25) is 0 Å². The van der Waals surface area contributed by atoms with Gasteiger partial charge in [-0.3, -0.25) is 4.79 Å². The molecule has 1 fully saturated rings. The lowest BCUT2D eigenvalue weighted by atomic mass is 9.78. The third-order valence-corrected chi connectivity index (χ3v) is 5.46. The van der Waals surface area contributed by atoms with Gasteiger partial charge in [-0.15, -0.1) is 0 Å². The van der Waals surface area contributed by atoms with E-state index in [1.54, 1.807) is 12.1 Å². The zero-order valence-electron chi connectivity index (χ0n) is 14.8. The Hall–Kier alpha value is -1.31. The molecule has 0 bridgehead atoms. The van der Waals surface area contributed by atoms with Crippen LogP contribution in [0.15, 0.2) is 18.2 Å². The van der Waals surface area contributed by atoms with Gasteiger partial charge >= 0.3 is 0 Å². The maximum atomic E-state index is 11.7. The van der Waals surface area contributed by atoms with Crippen molar-refractivity contribution in [2.45, 2.75) is 78.1 Å². The number of hydrogen-bond acceptors (Lipinski definition) is 2. The fourth-order valence-corrected chi connectivity index (χ4v) is 3.83. The van der Waals surface area contributed by atoms with E-state index in [2.05, 4.69) is 6.92 Å². The van der Waals surface area contributed by atoms with Crippen molar-refractivity contribution in [3.8, 4) is 5.75 Å². The summed E-state index contributed by atoms with van der Waals surface area (Å²) < 4.78 is 0. The zero-order valence-corrected chi connectivity index (χ0v) is 14.8. The molecule has 1 aromatic carbocycles. The van der Waals surface area contributed by atoms with Crippen molar-refractivity contribution >= 4 is 5.78 Å². The first-order valence-corrected chi connectivity index (χ1v) is 9.49. The van der Waals surface area contributed by atoms with Gasteiger partial charge in [-0.2, -0.15) is 0 Å². The predicted octanol–water partition coefficient (Wildman–Crippen LogP) is 5.91. The standard InChI is InChI=1S/C21H32O2/c1-3-5-6-16-7-9-17(10-8-16)11-12-18-13-14-19(20(22)4-2)21(23)15-18/h13-17,23H,3-12H2,1-2H3. The number of hydrogen-bond donors (Lipinski definition) is 1. The summed E-state index contributed by atoms with van der Waals surface area (Å²) in [6.45, 7) is 4.10. The summed E-state index contributed by atoms with van der Waals surface area (Å²) in [6.07, 6.45) is 12.3. The Morgan fingerprint density at radius 2 is 1.74 bits per heavy atom. The molecule has 0 saturated heterocycles. The molecule has 2 rings (SSSR count). The van der Waals surface area contributed by atoms with Crippen LogP contribution in [0.1, 0.15) is 87.6 Å². The minimum Gasteiger partial charge on any atom is -0.507 e. The lowest BCUT2D eigenvalue weighted by Crippen LogP contribution is -2.15. The predicted molar refractivity (Wildman–Crippen MR) is 96.0 cm³/mol. The van der Waals surface area contributed by atoms with Gasteiger partial charge in [0.1, 0.15) is 5.75 Å². The van der Waals surface area contributed by atoms with Gasteiger partial charge < -0.3 is 5.11 Å². The SMILES string of the molecule is CCCCC1CCC(CCc2ccc(C(=O)CC)c(O)c2)CC1. The quantitative estimate of drug-likeness (QED) is 0.605. The van der Waals surface area contributed by atoms with E-state index in [0.29, 0.717) is 12.0 Å². The minimum absolute atomic E-state index is 0.0134. The van der Waals surface area contributed by atoms with Crippen molar-refractivity contribution in [1.82, 2.24) is 0 Å². The van der Waals surface area contributed by atoms with Crippen molar-refractivity contribution in [3.05, 3.63) is 29.3 Å². The molecule has 0 atom stereocenters. The van der Waals surface area contributed by atoms with Gasteiger partial charge in [0.15, 0.2) is 5.78 Å². The first kappa shape index (κ1) is 18.0. The Bertz CT molecular complexity index is 499. The monoisotopic (exact) mass is 316 g/mol. The van der Waals surface area contributed by atoms with Gasteiger partial charge in [0.05, 0.1) is 5.56 Å². The highest BCUT2D eigenvalue weighted by Gasteiger charge is 2.20. The van der Waals surface area contributed by atoms with E-state index >= 15 is 0 Å². The average molecular weight is 316 g/mol. The molecule has 0 amide bonds. The number of phenols is 1. The van der Waals surface area contributed by atoms with Gasteiger partial charge in [-0.1, -0.05) is 64.9 Å². The summed E-state index contributed by atoms with van der Waals surface area (Å²) in [5, 5.41) is 10.0. The first-order valence-electron chi connectivity index (χ1n) is 9.49. The number of ketones is 1. The van der Waals surface area contributed by atoms with Crippen molar-refractivity contribution in [1.29, 1.82) is 0 Å². The number of phenolic OH excluding ortho intramolecular Hbond substituents is 1. The number of Topliss-reactive ketones (excluding diaryl/α,β-unsaturated/α-hetero) is 1. The molecule has 1 aliphatic rings. The maximum Gasteiger partial charge on any atom is 0.166 e. The Labute approximate surface area is 141 Å². The highest BCUT2D eigenvalue weighted by atomic mass is 16.3. The molecular formula is C21H32O2. The highest BCUT2D eigenvalue weighted by Crippen LogP contribution is 2.34. The second-order valence-electron chi connectivity index (χ2n) is 7.20. The van der Waals surface area contributed by atoms with Crippen molar-refractivity contribution in [2.24, 2.45) is 11.8 Å². The largest absolute Gasteiger partial charge is 0.507 e. The Morgan fingerprint density at radius 3 is 2.30 bits per heavy atom. The summed E-state index contributed by atoms with van der Waals surface area (Å²) in [4.78, 5) is 11.7. The normalized spacial score (nSPS) is 21.3. The van der Waals surface area contributed by atoms with E-state index in [1.165, 1.54) is 51.4 Å². The summed E-state index contributed by atoms with van der Waals surface area (Å²) in [7, 11) is 0. The van der Waals surface area contributed by atoms with E-state index < -0.39 is 0 Å². The smallest absolute Gasteiger partial charge is 0.166 e. The molecule has 0 spiro atoms. The second-order valence-corrected chi connectivity index (χ2v) is 7.20. The number of aryl methyl sites for hydroxylation is 1. The molecule has 0 radical (unpaired) electrons. The number of aromatic hydroxyl groups is 1. The van der Waals surface area contributed by atoms with Gasteiger partial charge in [-0.05, 0) is 42.4 Å². The Kier molecular flexibility index (Phi) is 7.14. The van der Waals surface area contributed by atoms with Crippen LogP contribution in [-0.2, 0) is 6.42 Å². The first-order chi connectivity index (χ1) is 11.1. The number of carbonyl (C=O) groups excluding carboxylic acids is 1. The molecule has 1 N–H and O–H groups in total. The third kappa shape index (κ3) is 5.37. The van der Waals surface area contributed by atoms with Gasteiger partial charge in [-0.25, -0.2) is 0 Å². The molecular weight excluding hydrogens is 284 g/mol. The van der Waals surface area contributed by atoms with Crippen LogP contribution in [0.3, 0.4) is 0 Å². The summed E-state index contributed by atoms with van der Waals surface area (Å²) >= 11 is 0. The summed E-state index contributed by atoms with van der Waals surface area (Å²) in [5.74, 6) is 1.97. The molecule has 2 nitrogen and oxygen atoms in total. The van der Waals surface area contributed by atoms with Crippen LogP contribution in [0.25, 0.3) is 0 Å². The Morgan fingerprint density at radius 1 is 1.09 bits per heavy atom. The van der Waals surface area contributed by atoms with Gasteiger partial charge in [0.2, 0.25) is 0 Å². The molecule has 128 valence electrons. The van der Waals surface area contributed by atoms with Crippen LogP contribution in [0.4, 0.5) is 0 Å². The average Bonchev–Trinajstić information content (AvgIpc) is 2.58. The summed E-state index contributed by atoms with van der Waals surface area (Å²) in [5.41, 5.74) is 1.62. The van der Waals surface area contributed by atoms with Crippen LogP contribution in [-0.4, -0.2) is 10.9 Å². The Balaban J connectivity index is 1.78. The molecule has 0 aliphatic heterocycles. The molecule has 0 aromatic heterocycles. The maximum absolute atomic E-state index is 11.7. The topological polar surface area (TPSA) is 37.3 Å². The third-order valence-electron chi connectivity index (χ3n) is 5.46. The van der Waals surface area contributed by atoms with Crippen molar-refractivity contribution in [3.63, 3.8) is 0 Å².